The van der Waals surface area contributed by atoms with Crippen LogP contribution in [0.1, 0.15) is 16.5 Å². The molecule has 2 aromatic heterocycles. The maximum Gasteiger partial charge on any atom is 0.0843 e. The largest absolute Gasteiger partial charge is 0.320 e. The Hall–Kier alpha value is -0.200. The van der Waals surface area contributed by atoms with Crippen LogP contribution in [0.5, 0.6) is 0 Å². The molecule has 1 aromatic carbocycles. The molecule has 0 aliphatic carbocycles. The van der Waals surface area contributed by atoms with E-state index in [4.69, 9.17) is 5.73 Å². The standard InChI is InChI=1S/C13H9Br2NS2/c14-9-6-10(18-13(9)15)11(16)8-3-1-2-7-4-5-17-12(7)8/h1-6,11H,16H2. The molecule has 0 fully saturated rings. The third-order valence-corrected chi connectivity index (χ3v) is 7.13. The molecule has 1 nitrogen and oxygen atoms in total. The zero-order valence-corrected chi connectivity index (χ0v) is 14.0. The van der Waals surface area contributed by atoms with E-state index in [1.165, 1.54) is 15.6 Å². The summed E-state index contributed by atoms with van der Waals surface area (Å²) in [6, 6.07) is 10.5. The van der Waals surface area contributed by atoms with Gasteiger partial charge in [-0.1, -0.05) is 18.2 Å². The van der Waals surface area contributed by atoms with Crippen molar-refractivity contribution in [2.45, 2.75) is 6.04 Å². The smallest absolute Gasteiger partial charge is 0.0843 e. The van der Waals surface area contributed by atoms with Gasteiger partial charge in [-0.25, -0.2) is 0 Å². The number of halogens is 2. The Morgan fingerprint density at radius 1 is 1.17 bits per heavy atom. The molecule has 1 atom stereocenters. The molecule has 0 aliphatic rings. The van der Waals surface area contributed by atoms with Crippen LogP contribution < -0.4 is 5.73 Å². The molecule has 3 aromatic rings. The molecular weight excluding hydrogens is 394 g/mol. The summed E-state index contributed by atoms with van der Waals surface area (Å²) in [7, 11) is 0. The SMILES string of the molecule is NC(c1cc(Br)c(Br)s1)c1cccc2ccsc12. The first kappa shape index (κ1) is 12.8. The van der Waals surface area contributed by atoms with Gasteiger partial charge in [-0.05, 0) is 60.3 Å². The normalized spacial score (nSPS) is 13.1. The molecule has 0 amide bonds. The Bertz CT molecular complexity index is 682. The van der Waals surface area contributed by atoms with Gasteiger partial charge in [-0.2, -0.15) is 0 Å². The van der Waals surface area contributed by atoms with Gasteiger partial charge in [0.2, 0.25) is 0 Å². The van der Waals surface area contributed by atoms with Crippen LogP contribution in [0.25, 0.3) is 10.1 Å². The summed E-state index contributed by atoms with van der Waals surface area (Å²) in [6.45, 7) is 0. The van der Waals surface area contributed by atoms with Gasteiger partial charge in [0, 0.05) is 14.0 Å². The number of benzene rings is 1. The molecule has 0 radical (unpaired) electrons. The second-order valence-electron chi connectivity index (χ2n) is 3.93. The molecule has 1 unspecified atom stereocenters. The first-order valence-corrected chi connectivity index (χ1v) is 8.61. The van der Waals surface area contributed by atoms with Gasteiger partial charge in [0.15, 0.2) is 0 Å². The summed E-state index contributed by atoms with van der Waals surface area (Å²) >= 11 is 10.5. The predicted octanol–water partition coefficient (Wildman–Crippen LogP) is 5.54. The van der Waals surface area contributed by atoms with Crippen molar-refractivity contribution in [3.8, 4) is 0 Å². The highest BCUT2D eigenvalue weighted by Crippen LogP contribution is 2.38. The van der Waals surface area contributed by atoms with E-state index in [0.717, 1.165) is 13.1 Å². The maximum absolute atomic E-state index is 6.40. The fourth-order valence-corrected chi connectivity index (χ4v) is 5.00. The van der Waals surface area contributed by atoms with Crippen molar-refractivity contribution in [2.24, 2.45) is 5.73 Å². The third kappa shape index (κ3) is 2.18. The fraction of sp³-hybridized carbons (Fsp3) is 0.0769. The van der Waals surface area contributed by atoms with E-state index < -0.39 is 0 Å². The highest BCUT2D eigenvalue weighted by molar-refractivity contribution is 9.13. The average Bonchev–Trinajstić information content (AvgIpc) is 2.95. The zero-order chi connectivity index (χ0) is 12.7. The quantitative estimate of drug-likeness (QED) is 0.598. The van der Waals surface area contributed by atoms with Crippen LogP contribution >= 0.6 is 54.5 Å². The average molecular weight is 403 g/mol. The molecule has 0 bridgehead atoms. The van der Waals surface area contributed by atoms with Crippen molar-refractivity contribution in [1.29, 1.82) is 0 Å². The summed E-state index contributed by atoms with van der Waals surface area (Å²) in [5.41, 5.74) is 7.60. The van der Waals surface area contributed by atoms with Crippen molar-refractivity contribution in [2.75, 3.05) is 0 Å². The Labute approximate surface area is 130 Å². The lowest BCUT2D eigenvalue weighted by Crippen LogP contribution is -2.10. The minimum Gasteiger partial charge on any atom is -0.320 e. The molecule has 0 saturated heterocycles. The number of hydrogen-bond acceptors (Lipinski definition) is 3. The van der Waals surface area contributed by atoms with E-state index in [1.807, 2.05) is 0 Å². The minimum absolute atomic E-state index is 0.0695. The van der Waals surface area contributed by atoms with E-state index in [-0.39, 0.29) is 6.04 Å². The summed E-state index contributed by atoms with van der Waals surface area (Å²) < 4.78 is 3.44. The number of rotatable bonds is 2. The number of nitrogens with two attached hydrogens (primary N) is 1. The minimum atomic E-state index is -0.0695. The van der Waals surface area contributed by atoms with Gasteiger partial charge in [0.1, 0.15) is 0 Å². The highest BCUT2D eigenvalue weighted by atomic mass is 79.9. The molecule has 0 spiro atoms. The van der Waals surface area contributed by atoms with Crippen LogP contribution in [0, 0.1) is 0 Å². The van der Waals surface area contributed by atoms with Gasteiger partial charge in [-0.3, -0.25) is 0 Å². The summed E-state index contributed by atoms with van der Waals surface area (Å²) in [4.78, 5) is 1.16. The first-order valence-electron chi connectivity index (χ1n) is 5.33. The molecule has 2 N–H and O–H groups in total. The summed E-state index contributed by atoms with van der Waals surface area (Å²) in [5.74, 6) is 0. The van der Waals surface area contributed by atoms with E-state index in [0.29, 0.717) is 0 Å². The predicted molar refractivity (Wildman–Crippen MR) is 87.6 cm³/mol. The number of thiophene rings is 2. The van der Waals surface area contributed by atoms with Gasteiger partial charge in [0.25, 0.3) is 0 Å². The molecule has 18 heavy (non-hydrogen) atoms. The van der Waals surface area contributed by atoms with E-state index >= 15 is 0 Å². The van der Waals surface area contributed by atoms with Crippen LogP contribution in [-0.4, -0.2) is 0 Å². The van der Waals surface area contributed by atoms with Gasteiger partial charge < -0.3 is 5.73 Å². The summed E-state index contributed by atoms with van der Waals surface area (Å²) in [5, 5.41) is 3.38. The highest BCUT2D eigenvalue weighted by Gasteiger charge is 2.16. The molecule has 3 rings (SSSR count). The lowest BCUT2D eigenvalue weighted by Gasteiger charge is -2.11. The van der Waals surface area contributed by atoms with Crippen LogP contribution in [-0.2, 0) is 0 Å². The second-order valence-corrected chi connectivity index (χ2v) is 8.11. The topological polar surface area (TPSA) is 26.0 Å². The lowest BCUT2D eigenvalue weighted by molar-refractivity contribution is 0.905. The Morgan fingerprint density at radius 2 is 2.00 bits per heavy atom. The maximum atomic E-state index is 6.40. The third-order valence-electron chi connectivity index (χ3n) is 2.82. The van der Waals surface area contributed by atoms with Crippen molar-refractivity contribution in [3.05, 3.63) is 54.4 Å². The lowest BCUT2D eigenvalue weighted by atomic mass is 10.0. The number of fused-ring (bicyclic) bond motifs is 1. The summed E-state index contributed by atoms with van der Waals surface area (Å²) in [6.07, 6.45) is 0. The Kier molecular flexibility index (Phi) is 3.60. The molecule has 5 heteroatoms. The first-order chi connectivity index (χ1) is 8.66. The molecule has 0 saturated carbocycles. The molecule has 2 heterocycles. The van der Waals surface area contributed by atoms with Crippen molar-refractivity contribution >= 4 is 64.6 Å². The van der Waals surface area contributed by atoms with Gasteiger partial charge in [0.05, 0.1) is 9.83 Å². The second kappa shape index (κ2) is 5.06. The zero-order valence-electron chi connectivity index (χ0n) is 9.19. The monoisotopic (exact) mass is 401 g/mol. The van der Waals surface area contributed by atoms with Gasteiger partial charge >= 0.3 is 0 Å². The van der Waals surface area contributed by atoms with Crippen molar-refractivity contribution in [3.63, 3.8) is 0 Å². The van der Waals surface area contributed by atoms with Crippen LogP contribution in [0.2, 0.25) is 0 Å². The van der Waals surface area contributed by atoms with Crippen molar-refractivity contribution in [1.82, 2.24) is 0 Å². The Morgan fingerprint density at radius 3 is 2.72 bits per heavy atom. The van der Waals surface area contributed by atoms with Crippen molar-refractivity contribution < 1.29 is 0 Å². The Balaban J connectivity index is 2.11. The molecule has 0 aliphatic heterocycles. The molecule has 92 valence electrons. The van der Waals surface area contributed by atoms with E-state index in [1.54, 1.807) is 22.7 Å². The van der Waals surface area contributed by atoms with Crippen LogP contribution in [0.15, 0.2) is 44.0 Å². The van der Waals surface area contributed by atoms with Crippen LogP contribution in [0.4, 0.5) is 0 Å². The number of hydrogen-bond donors (Lipinski definition) is 1. The van der Waals surface area contributed by atoms with Crippen LogP contribution in [0.3, 0.4) is 0 Å². The van der Waals surface area contributed by atoms with Gasteiger partial charge in [-0.15, -0.1) is 22.7 Å². The fourth-order valence-electron chi connectivity index (χ4n) is 1.93. The van der Waals surface area contributed by atoms with E-state index in [2.05, 4.69) is 67.6 Å². The molecular formula is C13H9Br2NS2. The van der Waals surface area contributed by atoms with E-state index in [9.17, 15) is 0 Å².